The maximum atomic E-state index is 10.6. The average Bonchev–Trinajstić information content (AvgIpc) is 2.66. The van der Waals surface area contributed by atoms with Crippen molar-refractivity contribution in [3.8, 4) is 22.6 Å². The SMILES string of the molecule is Cc1cc(OCc2cccc(-c3ccccc3)c2)ccc1OCC(=O)O. The molecule has 0 aliphatic carbocycles. The lowest BCUT2D eigenvalue weighted by Gasteiger charge is -2.11. The van der Waals surface area contributed by atoms with Gasteiger partial charge in [0, 0.05) is 0 Å². The average molecular weight is 348 g/mol. The van der Waals surface area contributed by atoms with E-state index in [0.29, 0.717) is 12.4 Å². The van der Waals surface area contributed by atoms with E-state index in [4.69, 9.17) is 14.6 Å². The quantitative estimate of drug-likeness (QED) is 0.672. The highest BCUT2D eigenvalue weighted by molar-refractivity contribution is 5.68. The fourth-order valence-corrected chi connectivity index (χ4v) is 2.65. The Labute approximate surface area is 152 Å². The van der Waals surface area contributed by atoms with Crippen LogP contribution in [-0.4, -0.2) is 17.7 Å². The molecule has 4 nitrogen and oxygen atoms in total. The van der Waals surface area contributed by atoms with Gasteiger partial charge in [-0.2, -0.15) is 0 Å². The van der Waals surface area contributed by atoms with Crippen LogP contribution in [0.4, 0.5) is 0 Å². The molecule has 0 radical (unpaired) electrons. The molecule has 0 amide bonds. The summed E-state index contributed by atoms with van der Waals surface area (Å²) >= 11 is 0. The molecule has 0 aliphatic rings. The van der Waals surface area contributed by atoms with Crippen LogP contribution in [0.5, 0.6) is 11.5 Å². The van der Waals surface area contributed by atoms with Crippen LogP contribution in [0.2, 0.25) is 0 Å². The van der Waals surface area contributed by atoms with E-state index in [1.165, 1.54) is 5.56 Å². The molecule has 3 aromatic rings. The smallest absolute Gasteiger partial charge is 0.341 e. The molecule has 26 heavy (non-hydrogen) atoms. The van der Waals surface area contributed by atoms with Gasteiger partial charge in [0.15, 0.2) is 6.61 Å². The van der Waals surface area contributed by atoms with Crippen molar-refractivity contribution in [2.45, 2.75) is 13.5 Å². The molecule has 0 heterocycles. The van der Waals surface area contributed by atoms with E-state index in [0.717, 1.165) is 22.4 Å². The van der Waals surface area contributed by atoms with E-state index < -0.39 is 5.97 Å². The number of carboxylic acid groups (broad SMARTS) is 1. The summed E-state index contributed by atoms with van der Waals surface area (Å²) in [6, 6.07) is 23.8. The molecule has 0 saturated carbocycles. The van der Waals surface area contributed by atoms with E-state index in [1.807, 2.05) is 43.3 Å². The maximum Gasteiger partial charge on any atom is 0.341 e. The van der Waals surface area contributed by atoms with Crippen molar-refractivity contribution < 1.29 is 19.4 Å². The summed E-state index contributed by atoms with van der Waals surface area (Å²) in [7, 11) is 0. The number of hydrogen-bond acceptors (Lipinski definition) is 3. The second-order valence-electron chi connectivity index (χ2n) is 5.96. The number of rotatable bonds is 7. The molecule has 0 spiro atoms. The predicted octanol–water partition coefficient (Wildman–Crippen LogP) is 4.70. The van der Waals surface area contributed by atoms with E-state index in [2.05, 4.69) is 24.3 Å². The van der Waals surface area contributed by atoms with Crippen molar-refractivity contribution in [3.63, 3.8) is 0 Å². The summed E-state index contributed by atoms with van der Waals surface area (Å²) < 4.78 is 11.1. The van der Waals surface area contributed by atoms with Crippen LogP contribution in [0.15, 0.2) is 72.8 Å². The molecular weight excluding hydrogens is 328 g/mol. The van der Waals surface area contributed by atoms with Gasteiger partial charge in [0.05, 0.1) is 0 Å². The number of aryl methyl sites for hydroxylation is 1. The standard InChI is InChI=1S/C22H20O4/c1-16-12-20(10-11-21(16)26-15-22(23)24)25-14-17-6-5-9-19(13-17)18-7-3-2-4-8-18/h2-13H,14-15H2,1H3,(H,23,24). The van der Waals surface area contributed by atoms with Crippen molar-refractivity contribution in [2.24, 2.45) is 0 Å². The monoisotopic (exact) mass is 348 g/mol. The maximum absolute atomic E-state index is 10.6. The summed E-state index contributed by atoms with van der Waals surface area (Å²) in [5, 5.41) is 8.69. The molecule has 0 aromatic heterocycles. The summed E-state index contributed by atoms with van der Waals surface area (Å²) in [6.07, 6.45) is 0. The lowest BCUT2D eigenvalue weighted by molar-refractivity contribution is -0.139. The van der Waals surface area contributed by atoms with E-state index in [9.17, 15) is 4.79 Å². The first-order valence-electron chi connectivity index (χ1n) is 8.34. The summed E-state index contributed by atoms with van der Waals surface area (Å²) in [4.78, 5) is 10.6. The van der Waals surface area contributed by atoms with Crippen molar-refractivity contribution in [1.82, 2.24) is 0 Å². The second-order valence-corrected chi connectivity index (χ2v) is 5.96. The number of hydrogen-bond donors (Lipinski definition) is 1. The van der Waals surface area contributed by atoms with Crippen LogP contribution < -0.4 is 9.47 Å². The first kappa shape index (κ1) is 17.5. The lowest BCUT2D eigenvalue weighted by atomic mass is 10.0. The topological polar surface area (TPSA) is 55.8 Å². The third-order valence-electron chi connectivity index (χ3n) is 3.94. The summed E-state index contributed by atoms with van der Waals surface area (Å²) in [5.74, 6) is 0.268. The number of ether oxygens (including phenoxy) is 2. The molecule has 3 rings (SSSR count). The van der Waals surface area contributed by atoms with Crippen molar-refractivity contribution in [2.75, 3.05) is 6.61 Å². The van der Waals surface area contributed by atoms with E-state index in [1.54, 1.807) is 12.1 Å². The lowest BCUT2D eigenvalue weighted by Crippen LogP contribution is -2.10. The molecule has 0 aliphatic heterocycles. The molecule has 1 N–H and O–H groups in total. The zero-order chi connectivity index (χ0) is 18.4. The van der Waals surface area contributed by atoms with Crippen LogP contribution in [0, 0.1) is 6.92 Å². The Balaban J connectivity index is 1.66. The molecule has 0 unspecified atom stereocenters. The fraction of sp³-hybridized carbons (Fsp3) is 0.136. The largest absolute Gasteiger partial charge is 0.489 e. The van der Waals surface area contributed by atoms with Crippen LogP contribution >= 0.6 is 0 Å². The molecule has 0 fully saturated rings. The second kappa shape index (κ2) is 8.21. The first-order valence-corrected chi connectivity index (χ1v) is 8.34. The Bertz CT molecular complexity index is 888. The van der Waals surface area contributed by atoms with Gasteiger partial charge in [-0.1, -0.05) is 48.5 Å². The predicted molar refractivity (Wildman–Crippen MR) is 101 cm³/mol. The van der Waals surface area contributed by atoms with Crippen molar-refractivity contribution in [1.29, 1.82) is 0 Å². The van der Waals surface area contributed by atoms with Gasteiger partial charge < -0.3 is 14.6 Å². The fourth-order valence-electron chi connectivity index (χ4n) is 2.65. The number of carboxylic acids is 1. The highest BCUT2D eigenvalue weighted by Crippen LogP contribution is 2.25. The van der Waals surface area contributed by atoms with Gasteiger partial charge in [0.2, 0.25) is 0 Å². The Morgan fingerprint density at radius 1 is 0.885 bits per heavy atom. The molecular formula is C22H20O4. The van der Waals surface area contributed by atoms with Crippen LogP contribution in [0.3, 0.4) is 0 Å². The Kier molecular flexibility index (Phi) is 5.54. The van der Waals surface area contributed by atoms with Gasteiger partial charge in [0.25, 0.3) is 0 Å². The summed E-state index contributed by atoms with van der Waals surface area (Å²) in [5.41, 5.74) is 4.24. The molecule has 4 heteroatoms. The van der Waals surface area contributed by atoms with Gasteiger partial charge in [-0.15, -0.1) is 0 Å². The Morgan fingerprint density at radius 3 is 2.38 bits per heavy atom. The molecule has 0 bridgehead atoms. The van der Waals surface area contributed by atoms with Crippen LogP contribution in [-0.2, 0) is 11.4 Å². The minimum absolute atomic E-state index is 0.354. The minimum Gasteiger partial charge on any atom is -0.489 e. The van der Waals surface area contributed by atoms with Gasteiger partial charge >= 0.3 is 5.97 Å². The minimum atomic E-state index is -0.997. The number of benzene rings is 3. The first-order chi connectivity index (χ1) is 12.6. The van der Waals surface area contributed by atoms with Gasteiger partial charge in [-0.3, -0.25) is 0 Å². The zero-order valence-electron chi connectivity index (χ0n) is 14.5. The van der Waals surface area contributed by atoms with Crippen LogP contribution in [0.25, 0.3) is 11.1 Å². The van der Waals surface area contributed by atoms with Crippen molar-refractivity contribution >= 4 is 5.97 Å². The Morgan fingerprint density at radius 2 is 1.65 bits per heavy atom. The number of aliphatic carboxylic acids is 1. The van der Waals surface area contributed by atoms with Crippen LogP contribution in [0.1, 0.15) is 11.1 Å². The van der Waals surface area contributed by atoms with Gasteiger partial charge in [-0.25, -0.2) is 4.79 Å². The third kappa shape index (κ3) is 4.63. The molecule has 0 saturated heterocycles. The van der Waals surface area contributed by atoms with Gasteiger partial charge in [0.1, 0.15) is 18.1 Å². The van der Waals surface area contributed by atoms with Gasteiger partial charge in [-0.05, 0) is 53.4 Å². The molecule has 132 valence electrons. The molecule has 3 aromatic carbocycles. The number of carbonyl (C=O) groups is 1. The summed E-state index contributed by atoms with van der Waals surface area (Å²) in [6.45, 7) is 1.96. The van der Waals surface area contributed by atoms with E-state index in [-0.39, 0.29) is 6.61 Å². The third-order valence-corrected chi connectivity index (χ3v) is 3.94. The normalized spacial score (nSPS) is 10.3. The zero-order valence-corrected chi connectivity index (χ0v) is 14.5. The van der Waals surface area contributed by atoms with E-state index >= 15 is 0 Å². The highest BCUT2D eigenvalue weighted by Gasteiger charge is 2.05. The van der Waals surface area contributed by atoms with Crippen molar-refractivity contribution in [3.05, 3.63) is 83.9 Å². The molecule has 0 atom stereocenters. The Hall–Kier alpha value is -3.27. The highest BCUT2D eigenvalue weighted by atomic mass is 16.5.